The Kier molecular flexibility index (Phi) is 18.2. The SMILES string of the molecule is C.COC(=O)c1nn(CC(C)(C)C)c2ccc(Br)cc12.COC(=O)c1nn(CC(C)(C)C)c2ccc(C3CC3)cc12.O=C=O.O=C=O.OB(O)C1CC1. The molecule has 0 radical (unpaired) electrons. The fraction of sp³-hybridized carbons (Fsp3) is 0.514. The number of halogens is 1. The maximum Gasteiger partial charge on any atom is 0.454 e. The van der Waals surface area contributed by atoms with E-state index in [0.29, 0.717) is 17.3 Å². The van der Waals surface area contributed by atoms with Gasteiger partial charge in [-0.2, -0.15) is 29.4 Å². The molecule has 0 aliphatic heterocycles. The van der Waals surface area contributed by atoms with Crippen LogP contribution in [0.3, 0.4) is 0 Å². The normalized spacial score (nSPS) is 13.0. The van der Waals surface area contributed by atoms with Gasteiger partial charge >= 0.3 is 31.4 Å². The Bertz CT molecular complexity index is 1880. The van der Waals surface area contributed by atoms with E-state index in [4.69, 9.17) is 38.7 Å². The molecule has 0 saturated heterocycles. The first-order valence-corrected chi connectivity index (χ1v) is 17.3. The lowest BCUT2D eigenvalue weighted by Gasteiger charge is -2.18. The number of ether oxygens (including phenoxy) is 2. The van der Waals surface area contributed by atoms with E-state index in [9.17, 15) is 9.59 Å². The summed E-state index contributed by atoms with van der Waals surface area (Å²) in [6.45, 7) is 14.4. The lowest BCUT2D eigenvalue weighted by molar-refractivity contribution is -0.193. The molecule has 14 nitrogen and oxygen atoms in total. The summed E-state index contributed by atoms with van der Waals surface area (Å²) < 4.78 is 14.4. The van der Waals surface area contributed by atoms with Crippen molar-refractivity contribution in [3.8, 4) is 0 Å². The number of fused-ring (bicyclic) bond motifs is 2. The van der Waals surface area contributed by atoms with Crippen LogP contribution in [0.2, 0.25) is 5.82 Å². The van der Waals surface area contributed by atoms with Crippen LogP contribution in [0.15, 0.2) is 40.9 Å². The van der Waals surface area contributed by atoms with Gasteiger partial charge in [0.05, 0.1) is 25.3 Å². The van der Waals surface area contributed by atoms with Crippen LogP contribution >= 0.6 is 15.9 Å². The van der Waals surface area contributed by atoms with E-state index in [-0.39, 0.29) is 42.3 Å². The highest BCUT2D eigenvalue weighted by atomic mass is 79.9. The molecule has 0 spiro atoms. The Morgan fingerprint density at radius 2 is 1.17 bits per heavy atom. The molecule has 4 aromatic rings. The molecule has 288 valence electrons. The van der Waals surface area contributed by atoms with Crippen LogP contribution in [0.1, 0.15) is 107 Å². The molecule has 6 rings (SSSR count). The van der Waals surface area contributed by atoms with Gasteiger partial charge in [-0.05, 0) is 71.3 Å². The zero-order valence-electron chi connectivity index (χ0n) is 30.8. The number of carbonyl (C=O) groups excluding carboxylic acids is 6. The molecule has 2 fully saturated rings. The third-order valence-electron chi connectivity index (χ3n) is 7.59. The second-order valence-electron chi connectivity index (χ2n) is 14.7. The molecule has 2 aromatic carbocycles. The van der Waals surface area contributed by atoms with Crippen molar-refractivity contribution in [2.24, 2.45) is 10.8 Å². The quantitative estimate of drug-likeness (QED) is 0.160. The van der Waals surface area contributed by atoms with Crippen LogP contribution in [0.4, 0.5) is 0 Å². The minimum Gasteiger partial charge on any atom is -0.464 e. The summed E-state index contributed by atoms with van der Waals surface area (Å²) in [6.07, 6.45) is 4.99. The second-order valence-corrected chi connectivity index (χ2v) is 15.7. The summed E-state index contributed by atoms with van der Waals surface area (Å²) in [4.78, 5) is 56.3. The molecular formula is C37H50BBrN4O10. The van der Waals surface area contributed by atoms with Gasteiger partial charge in [-0.15, -0.1) is 0 Å². The first kappa shape index (κ1) is 46.6. The van der Waals surface area contributed by atoms with E-state index in [2.05, 4.69) is 85.9 Å². The van der Waals surface area contributed by atoms with E-state index >= 15 is 0 Å². The second kappa shape index (κ2) is 20.7. The van der Waals surface area contributed by atoms with Gasteiger partial charge in [-0.3, -0.25) is 9.36 Å². The van der Waals surface area contributed by atoms with Gasteiger partial charge in [-0.25, -0.2) is 9.59 Å². The molecule has 2 aromatic heterocycles. The molecule has 0 amide bonds. The predicted octanol–water partition coefficient (Wildman–Crippen LogP) is 6.47. The van der Waals surface area contributed by atoms with Crippen molar-refractivity contribution in [3.63, 3.8) is 0 Å². The molecule has 0 unspecified atom stereocenters. The van der Waals surface area contributed by atoms with Crippen LogP contribution in [0, 0.1) is 10.8 Å². The van der Waals surface area contributed by atoms with Crippen molar-refractivity contribution in [1.82, 2.24) is 19.6 Å². The number of aromatic nitrogens is 4. The number of carbonyl (C=O) groups is 2. The lowest BCUT2D eigenvalue weighted by Crippen LogP contribution is -2.17. The fourth-order valence-electron chi connectivity index (χ4n) is 5.05. The third kappa shape index (κ3) is 14.8. The molecule has 2 saturated carbocycles. The zero-order chi connectivity index (χ0) is 39.4. The molecule has 53 heavy (non-hydrogen) atoms. The van der Waals surface area contributed by atoms with Crippen LogP contribution < -0.4 is 0 Å². The predicted molar refractivity (Wildman–Crippen MR) is 201 cm³/mol. The zero-order valence-corrected chi connectivity index (χ0v) is 32.4. The van der Waals surface area contributed by atoms with Crippen LogP contribution in [0.5, 0.6) is 0 Å². The van der Waals surface area contributed by atoms with Gasteiger partial charge in [0.25, 0.3) is 0 Å². The largest absolute Gasteiger partial charge is 0.464 e. The van der Waals surface area contributed by atoms with Crippen LogP contribution in [0.25, 0.3) is 21.8 Å². The Morgan fingerprint density at radius 3 is 1.49 bits per heavy atom. The monoisotopic (exact) mass is 800 g/mol. The molecule has 0 atom stereocenters. The standard InChI is InChI=1S/C17H22N2O2.C14H17BrN2O2.C3H7BO2.2CO2.CH4/c1-17(2,3)10-19-14-8-7-12(11-5-6-11)9-13(14)15(18-19)16(20)21-4;1-14(2,3)8-17-11-6-5-9(15)7-10(11)12(16-17)13(18)19-4;5-4(6)3-1-2-3;2*2-1-3;/h7-9,11H,5-6,10H2,1-4H3;5-7H,8H2,1-4H3;3,5-6H,1-2H2;;;1H4. The number of nitrogens with zero attached hydrogens (tertiary/aromatic N) is 4. The molecule has 2 aliphatic carbocycles. The Labute approximate surface area is 318 Å². The topological polar surface area (TPSA) is 197 Å². The highest BCUT2D eigenvalue weighted by Gasteiger charge is 2.33. The summed E-state index contributed by atoms with van der Waals surface area (Å²) in [7, 11) is 1.74. The summed E-state index contributed by atoms with van der Waals surface area (Å²) in [5, 5.41) is 27.1. The van der Waals surface area contributed by atoms with Gasteiger partial charge in [0.1, 0.15) is 0 Å². The lowest BCUT2D eigenvalue weighted by atomic mass is 9.84. The van der Waals surface area contributed by atoms with Gasteiger partial charge in [0.2, 0.25) is 0 Å². The first-order valence-electron chi connectivity index (χ1n) is 16.5. The number of rotatable bonds is 6. The average molecular weight is 802 g/mol. The molecule has 2 heterocycles. The van der Waals surface area contributed by atoms with Crippen molar-refractivity contribution < 1.29 is 48.3 Å². The Hall–Kier alpha value is -4.46. The molecular weight excluding hydrogens is 751 g/mol. The van der Waals surface area contributed by atoms with Crippen molar-refractivity contribution in [3.05, 3.63) is 57.8 Å². The first-order chi connectivity index (χ1) is 24.3. The number of benzene rings is 2. The van der Waals surface area contributed by atoms with E-state index in [0.717, 1.165) is 52.2 Å². The minimum absolute atomic E-state index is 0. The average Bonchev–Trinajstić information content (AvgIpc) is 4.00. The Balaban J connectivity index is 0.000000401. The highest BCUT2D eigenvalue weighted by Crippen LogP contribution is 2.41. The van der Waals surface area contributed by atoms with E-state index in [1.807, 2.05) is 27.6 Å². The third-order valence-corrected chi connectivity index (χ3v) is 8.08. The molecule has 2 aliphatic rings. The maximum atomic E-state index is 12.0. The number of hydrogen-bond donors (Lipinski definition) is 2. The highest BCUT2D eigenvalue weighted by molar-refractivity contribution is 9.10. The van der Waals surface area contributed by atoms with Gasteiger partial charge in [-0.1, -0.05) is 83.8 Å². The van der Waals surface area contributed by atoms with Crippen molar-refractivity contribution in [2.75, 3.05) is 14.2 Å². The fourth-order valence-corrected chi connectivity index (χ4v) is 5.41. The van der Waals surface area contributed by atoms with Crippen molar-refractivity contribution in [2.45, 2.75) is 99.5 Å². The van der Waals surface area contributed by atoms with Crippen molar-refractivity contribution >= 4 is 69.1 Å². The van der Waals surface area contributed by atoms with Crippen LogP contribution in [-0.4, -0.2) is 75.2 Å². The van der Waals surface area contributed by atoms with Crippen molar-refractivity contribution in [1.29, 1.82) is 0 Å². The molecule has 0 bridgehead atoms. The van der Waals surface area contributed by atoms with E-state index in [1.165, 1.54) is 32.6 Å². The van der Waals surface area contributed by atoms with E-state index < -0.39 is 13.1 Å². The summed E-state index contributed by atoms with van der Waals surface area (Å²) in [5.41, 5.74) is 4.24. The van der Waals surface area contributed by atoms with Crippen LogP contribution in [-0.2, 0) is 41.7 Å². The smallest absolute Gasteiger partial charge is 0.454 e. The van der Waals surface area contributed by atoms with Gasteiger partial charge in [0, 0.05) is 28.3 Å². The number of methoxy groups -OCH3 is 2. The number of hydrogen-bond acceptors (Lipinski definition) is 12. The Morgan fingerprint density at radius 1 is 0.774 bits per heavy atom. The van der Waals surface area contributed by atoms with Gasteiger partial charge in [0.15, 0.2) is 11.4 Å². The molecule has 2 N–H and O–H groups in total. The summed E-state index contributed by atoms with van der Waals surface area (Å²) in [6, 6.07) is 12.2. The maximum absolute atomic E-state index is 12.0. The number of esters is 2. The van der Waals surface area contributed by atoms with Gasteiger partial charge < -0.3 is 19.5 Å². The summed E-state index contributed by atoms with van der Waals surface area (Å²) >= 11 is 3.42. The molecule has 16 heteroatoms. The van der Waals surface area contributed by atoms with E-state index in [1.54, 1.807) is 0 Å². The minimum atomic E-state index is -1.04. The summed E-state index contributed by atoms with van der Waals surface area (Å²) in [5.74, 6) is 0.104.